The fraction of sp³-hybridized carbons (Fsp3) is 0.167. The highest BCUT2D eigenvalue weighted by Crippen LogP contribution is 2.21. The highest BCUT2D eigenvalue weighted by Gasteiger charge is 2.14. The average molecular weight is 437 g/mol. The van der Waals surface area contributed by atoms with Crippen LogP contribution in [0.5, 0.6) is 5.75 Å². The number of anilines is 1. The number of thiocarbonyl (C=S) groups is 1. The standard InChI is InChI=1S/C18H17BrN2O4S/c1-10(2)25-13-5-3-4-11(8-13)16(22)21-18(26)20-15-7-6-12(19)9-14(15)17(23)24/h3-10H,1-2H3,(H,23,24)(H2,20,21,22,26). The summed E-state index contributed by atoms with van der Waals surface area (Å²) in [7, 11) is 0. The molecule has 2 aromatic carbocycles. The number of hydrogen-bond acceptors (Lipinski definition) is 4. The third kappa shape index (κ3) is 5.53. The van der Waals surface area contributed by atoms with E-state index in [1.54, 1.807) is 36.4 Å². The van der Waals surface area contributed by atoms with Crippen molar-refractivity contribution < 1.29 is 19.4 Å². The van der Waals surface area contributed by atoms with Crippen molar-refractivity contribution in [1.82, 2.24) is 5.32 Å². The van der Waals surface area contributed by atoms with E-state index >= 15 is 0 Å². The number of carboxylic acids is 1. The van der Waals surface area contributed by atoms with E-state index in [-0.39, 0.29) is 22.5 Å². The molecule has 0 aliphatic heterocycles. The molecule has 0 aliphatic rings. The molecule has 0 bridgehead atoms. The predicted molar refractivity (Wildman–Crippen MR) is 107 cm³/mol. The Kier molecular flexibility index (Phi) is 6.70. The van der Waals surface area contributed by atoms with Crippen molar-refractivity contribution in [2.45, 2.75) is 20.0 Å². The van der Waals surface area contributed by atoms with Crippen LogP contribution in [0.1, 0.15) is 34.6 Å². The first-order chi connectivity index (χ1) is 12.3. The third-order valence-corrected chi connectivity index (χ3v) is 3.85. The highest BCUT2D eigenvalue weighted by atomic mass is 79.9. The maximum absolute atomic E-state index is 12.3. The minimum Gasteiger partial charge on any atom is -0.491 e. The van der Waals surface area contributed by atoms with Gasteiger partial charge in [0.2, 0.25) is 0 Å². The Morgan fingerprint density at radius 1 is 1.19 bits per heavy atom. The van der Waals surface area contributed by atoms with Crippen LogP contribution in [0.3, 0.4) is 0 Å². The summed E-state index contributed by atoms with van der Waals surface area (Å²) in [6, 6.07) is 11.4. The summed E-state index contributed by atoms with van der Waals surface area (Å²) in [6.07, 6.45) is -0.0112. The largest absolute Gasteiger partial charge is 0.491 e. The normalized spacial score (nSPS) is 10.3. The fourth-order valence-corrected chi connectivity index (χ4v) is 2.68. The maximum Gasteiger partial charge on any atom is 0.337 e. The molecule has 136 valence electrons. The summed E-state index contributed by atoms with van der Waals surface area (Å²) in [5.74, 6) is -0.959. The van der Waals surface area contributed by atoms with E-state index in [0.29, 0.717) is 15.8 Å². The number of carbonyl (C=O) groups is 2. The van der Waals surface area contributed by atoms with E-state index in [0.717, 1.165) is 0 Å². The summed E-state index contributed by atoms with van der Waals surface area (Å²) in [5, 5.41) is 14.5. The van der Waals surface area contributed by atoms with Gasteiger partial charge >= 0.3 is 5.97 Å². The first-order valence-electron chi connectivity index (χ1n) is 7.68. The molecule has 0 saturated heterocycles. The molecule has 0 heterocycles. The first kappa shape index (κ1) is 19.9. The molecule has 0 radical (unpaired) electrons. The third-order valence-electron chi connectivity index (χ3n) is 3.16. The minimum atomic E-state index is -1.11. The number of carboxylic acid groups (broad SMARTS) is 1. The lowest BCUT2D eigenvalue weighted by atomic mass is 10.2. The first-order valence-corrected chi connectivity index (χ1v) is 8.88. The van der Waals surface area contributed by atoms with Crippen LogP contribution in [-0.4, -0.2) is 28.2 Å². The molecule has 2 rings (SSSR count). The Morgan fingerprint density at radius 2 is 1.92 bits per heavy atom. The van der Waals surface area contributed by atoms with Gasteiger partial charge in [0.25, 0.3) is 5.91 Å². The maximum atomic E-state index is 12.3. The molecular weight excluding hydrogens is 420 g/mol. The van der Waals surface area contributed by atoms with Gasteiger partial charge in [0, 0.05) is 10.0 Å². The number of benzene rings is 2. The van der Waals surface area contributed by atoms with E-state index in [2.05, 4.69) is 26.6 Å². The lowest BCUT2D eigenvalue weighted by Crippen LogP contribution is -2.34. The van der Waals surface area contributed by atoms with Gasteiger partial charge in [0.05, 0.1) is 17.4 Å². The number of aromatic carboxylic acids is 1. The molecule has 6 nitrogen and oxygen atoms in total. The van der Waals surface area contributed by atoms with Crippen LogP contribution < -0.4 is 15.4 Å². The molecule has 2 aromatic rings. The SMILES string of the molecule is CC(C)Oc1cccc(C(=O)NC(=S)Nc2ccc(Br)cc2C(=O)O)c1. The lowest BCUT2D eigenvalue weighted by molar-refractivity contribution is 0.0697. The van der Waals surface area contributed by atoms with Gasteiger partial charge in [-0.3, -0.25) is 10.1 Å². The van der Waals surface area contributed by atoms with Crippen LogP contribution in [0.25, 0.3) is 0 Å². The van der Waals surface area contributed by atoms with Crippen LogP contribution in [0.2, 0.25) is 0 Å². The van der Waals surface area contributed by atoms with Crippen molar-refractivity contribution >= 4 is 50.8 Å². The van der Waals surface area contributed by atoms with Gasteiger partial charge in [-0.2, -0.15) is 0 Å². The zero-order chi connectivity index (χ0) is 19.3. The summed E-state index contributed by atoms with van der Waals surface area (Å²) < 4.78 is 6.18. The molecule has 0 unspecified atom stereocenters. The second-order valence-corrected chi connectivity index (χ2v) is 6.92. The predicted octanol–water partition coefficient (Wildman–Crippen LogP) is 4.06. The summed E-state index contributed by atoms with van der Waals surface area (Å²) in [5.41, 5.74) is 0.688. The molecular formula is C18H17BrN2O4S. The number of ether oxygens (including phenoxy) is 1. The summed E-state index contributed by atoms with van der Waals surface area (Å²) in [6.45, 7) is 3.79. The molecule has 0 aromatic heterocycles. The molecule has 26 heavy (non-hydrogen) atoms. The van der Waals surface area contributed by atoms with E-state index in [9.17, 15) is 14.7 Å². The molecule has 1 amide bonds. The van der Waals surface area contributed by atoms with Crippen LogP contribution in [0.15, 0.2) is 46.9 Å². The van der Waals surface area contributed by atoms with Crippen molar-refractivity contribution in [1.29, 1.82) is 0 Å². The molecule has 0 saturated carbocycles. The average Bonchev–Trinajstić information content (AvgIpc) is 2.55. The van der Waals surface area contributed by atoms with Crippen LogP contribution in [-0.2, 0) is 0 Å². The van der Waals surface area contributed by atoms with E-state index in [1.807, 2.05) is 13.8 Å². The number of hydrogen-bond donors (Lipinski definition) is 3. The van der Waals surface area contributed by atoms with Gasteiger partial charge in [-0.05, 0) is 62.5 Å². The highest BCUT2D eigenvalue weighted by molar-refractivity contribution is 9.10. The Bertz CT molecular complexity index is 855. The zero-order valence-corrected chi connectivity index (χ0v) is 16.5. The quantitative estimate of drug-likeness (QED) is 0.612. The van der Waals surface area contributed by atoms with Gasteiger partial charge < -0.3 is 15.2 Å². The van der Waals surface area contributed by atoms with Crippen molar-refractivity contribution in [3.05, 3.63) is 58.1 Å². The lowest BCUT2D eigenvalue weighted by Gasteiger charge is -2.13. The van der Waals surface area contributed by atoms with Crippen molar-refractivity contribution in [2.24, 2.45) is 0 Å². The van der Waals surface area contributed by atoms with Crippen LogP contribution in [0.4, 0.5) is 5.69 Å². The molecule has 0 fully saturated rings. The summed E-state index contributed by atoms with van der Waals surface area (Å²) in [4.78, 5) is 23.7. The van der Waals surface area contributed by atoms with E-state index in [4.69, 9.17) is 17.0 Å². The smallest absolute Gasteiger partial charge is 0.337 e. The molecule has 0 spiro atoms. The van der Waals surface area contributed by atoms with E-state index < -0.39 is 11.9 Å². The monoisotopic (exact) mass is 436 g/mol. The number of rotatable bonds is 5. The Labute approximate surface area is 164 Å². The second-order valence-electron chi connectivity index (χ2n) is 5.60. The Hall–Kier alpha value is -2.45. The zero-order valence-electron chi connectivity index (χ0n) is 14.1. The van der Waals surface area contributed by atoms with Gasteiger partial charge in [-0.1, -0.05) is 22.0 Å². The van der Waals surface area contributed by atoms with Gasteiger partial charge in [-0.25, -0.2) is 4.79 Å². The minimum absolute atomic E-state index is 0.00463. The van der Waals surface area contributed by atoms with Crippen molar-refractivity contribution in [3.63, 3.8) is 0 Å². The Morgan fingerprint density at radius 3 is 2.58 bits per heavy atom. The topological polar surface area (TPSA) is 87.7 Å². The fourth-order valence-electron chi connectivity index (χ4n) is 2.11. The molecule has 8 heteroatoms. The number of halogens is 1. The number of amides is 1. The van der Waals surface area contributed by atoms with Crippen LogP contribution in [0, 0.1) is 0 Å². The van der Waals surface area contributed by atoms with Gasteiger partial charge in [-0.15, -0.1) is 0 Å². The second kappa shape index (κ2) is 8.77. The Balaban J connectivity index is 2.09. The van der Waals surface area contributed by atoms with Crippen molar-refractivity contribution in [3.8, 4) is 5.75 Å². The molecule has 0 atom stereocenters. The molecule has 0 aliphatic carbocycles. The van der Waals surface area contributed by atoms with E-state index in [1.165, 1.54) is 6.07 Å². The number of carbonyl (C=O) groups excluding carboxylic acids is 1. The summed E-state index contributed by atoms with van der Waals surface area (Å²) >= 11 is 8.33. The van der Waals surface area contributed by atoms with Crippen LogP contribution >= 0.6 is 28.1 Å². The van der Waals surface area contributed by atoms with Crippen molar-refractivity contribution in [2.75, 3.05) is 5.32 Å². The molecule has 3 N–H and O–H groups in total. The van der Waals surface area contributed by atoms with Gasteiger partial charge in [0.15, 0.2) is 5.11 Å². The van der Waals surface area contributed by atoms with Gasteiger partial charge in [0.1, 0.15) is 5.75 Å². The number of nitrogens with one attached hydrogen (secondary N) is 2.